The van der Waals surface area contributed by atoms with E-state index in [1.54, 1.807) is 0 Å². The van der Waals surface area contributed by atoms with Crippen molar-refractivity contribution in [1.82, 2.24) is 4.90 Å². The van der Waals surface area contributed by atoms with Crippen molar-refractivity contribution in [2.24, 2.45) is 11.7 Å². The second-order valence-corrected chi connectivity index (χ2v) is 5.49. The zero-order valence-electron chi connectivity index (χ0n) is 11.1. The summed E-state index contributed by atoms with van der Waals surface area (Å²) in [6.07, 6.45) is 3.06. The predicted molar refractivity (Wildman–Crippen MR) is 68.0 cm³/mol. The Morgan fingerprint density at radius 3 is 2.53 bits per heavy atom. The molecular formula is C13H26N2O2. The quantitative estimate of drug-likeness (QED) is 0.797. The molecular weight excluding hydrogens is 216 g/mol. The van der Waals surface area contributed by atoms with Gasteiger partial charge in [-0.05, 0) is 32.6 Å². The Labute approximate surface area is 104 Å². The highest BCUT2D eigenvalue weighted by Gasteiger charge is 2.32. The summed E-state index contributed by atoms with van der Waals surface area (Å²) in [5.74, 6) is 0.603. The Hall–Kier alpha value is -0.160. The van der Waals surface area contributed by atoms with Gasteiger partial charge in [-0.15, -0.1) is 0 Å². The van der Waals surface area contributed by atoms with Crippen LogP contribution in [0.15, 0.2) is 0 Å². The van der Waals surface area contributed by atoms with Gasteiger partial charge in [0.25, 0.3) is 0 Å². The van der Waals surface area contributed by atoms with E-state index in [4.69, 9.17) is 15.2 Å². The number of rotatable bonds is 3. The lowest BCUT2D eigenvalue weighted by atomic mass is 9.91. The van der Waals surface area contributed by atoms with Gasteiger partial charge in [-0.3, -0.25) is 4.90 Å². The van der Waals surface area contributed by atoms with Gasteiger partial charge in [0.05, 0.1) is 18.8 Å². The lowest BCUT2D eigenvalue weighted by molar-refractivity contribution is -0.0946. The molecule has 17 heavy (non-hydrogen) atoms. The van der Waals surface area contributed by atoms with E-state index in [0.717, 1.165) is 32.8 Å². The van der Waals surface area contributed by atoms with Crippen molar-refractivity contribution < 1.29 is 9.47 Å². The molecule has 100 valence electrons. The molecule has 2 fully saturated rings. The fraction of sp³-hybridized carbons (Fsp3) is 1.00. The maximum absolute atomic E-state index is 5.99. The van der Waals surface area contributed by atoms with Crippen LogP contribution in [0.3, 0.4) is 0 Å². The average molecular weight is 242 g/mol. The molecule has 0 bridgehead atoms. The lowest BCUT2D eigenvalue weighted by Crippen LogP contribution is -2.55. The van der Waals surface area contributed by atoms with Crippen LogP contribution < -0.4 is 5.73 Å². The maximum atomic E-state index is 5.99. The van der Waals surface area contributed by atoms with Gasteiger partial charge >= 0.3 is 0 Å². The number of nitrogens with two attached hydrogens (primary N) is 1. The smallest absolute Gasteiger partial charge is 0.0678 e. The highest BCUT2D eigenvalue weighted by atomic mass is 16.5. The van der Waals surface area contributed by atoms with Crippen molar-refractivity contribution in [2.45, 2.75) is 44.9 Å². The summed E-state index contributed by atoms with van der Waals surface area (Å²) in [5.41, 5.74) is 5.99. The van der Waals surface area contributed by atoms with Crippen LogP contribution in [-0.4, -0.2) is 56.0 Å². The summed E-state index contributed by atoms with van der Waals surface area (Å²) in [6, 6.07) is 0.462. The second kappa shape index (κ2) is 6.14. The number of nitrogens with zero attached hydrogens (tertiary/aromatic N) is 1. The van der Waals surface area contributed by atoms with E-state index in [2.05, 4.69) is 18.7 Å². The van der Waals surface area contributed by atoms with Crippen LogP contribution in [0.4, 0.5) is 0 Å². The maximum Gasteiger partial charge on any atom is 0.0678 e. The van der Waals surface area contributed by atoms with Crippen LogP contribution in [0.1, 0.15) is 26.7 Å². The van der Waals surface area contributed by atoms with Crippen LogP contribution >= 0.6 is 0 Å². The third-order valence-electron chi connectivity index (χ3n) is 3.90. The molecule has 0 aromatic rings. The van der Waals surface area contributed by atoms with E-state index in [9.17, 15) is 0 Å². The Kier molecular flexibility index (Phi) is 4.79. The normalized spacial score (nSPS) is 37.9. The first-order chi connectivity index (χ1) is 8.20. The van der Waals surface area contributed by atoms with Gasteiger partial charge in [-0.1, -0.05) is 0 Å². The molecule has 0 spiro atoms. The molecule has 0 aromatic carbocycles. The van der Waals surface area contributed by atoms with Crippen LogP contribution in [0.5, 0.6) is 0 Å². The summed E-state index contributed by atoms with van der Waals surface area (Å²) >= 11 is 0. The topological polar surface area (TPSA) is 47.7 Å². The number of morpholine rings is 1. The monoisotopic (exact) mass is 242 g/mol. The molecule has 0 aromatic heterocycles. The van der Waals surface area contributed by atoms with E-state index in [0.29, 0.717) is 24.2 Å². The molecule has 2 N–H and O–H groups in total. The van der Waals surface area contributed by atoms with Crippen LogP contribution in [0.25, 0.3) is 0 Å². The molecule has 2 heterocycles. The molecule has 2 aliphatic heterocycles. The molecule has 2 saturated heterocycles. The van der Waals surface area contributed by atoms with Crippen LogP contribution in [0.2, 0.25) is 0 Å². The summed E-state index contributed by atoms with van der Waals surface area (Å²) in [4.78, 5) is 2.51. The van der Waals surface area contributed by atoms with Crippen molar-refractivity contribution in [1.29, 1.82) is 0 Å². The molecule has 2 unspecified atom stereocenters. The molecule has 0 saturated carbocycles. The fourth-order valence-corrected chi connectivity index (χ4v) is 3.20. The van der Waals surface area contributed by atoms with Crippen molar-refractivity contribution in [2.75, 3.05) is 32.8 Å². The van der Waals surface area contributed by atoms with Gasteiger partial charge in [0, 0.05) is 32.3 Å². The minimum Gasteiger partial charge on any atom is -0.381 e. The first kappa shape index (κ1) is 13.3. The Bertz CT molecular complexity index is 221. The second-order valence-electron chi connectivity index (χ2n) is 5.49. The molecule has 0 radical (unpaired) electrons. The summed E-state index contributed by atoms with van der Waals surface area (Å²) < 4.78 is 11.4. The summed E-state index contributed by atoms with van der Waals surface area (Å²) in [7, 11) is 0. The lowest BCUT2D eigenvalue weighted by Gasteiger charge is -2.43. The first-order valence-corrected chi connectivity index (χ1v) is 6.88. The zero-order chi connectivity index (χ0) is 12.3. The Morgan fingerprint density at radius 1 is 1.29 bits per heavy atom. The van der Waals surface area contributed by atoms with Gasteiger partial charge in [0.2, 0.25) is 0 Å². The van der Waals surface area contributed by atoms with Crippen LogP contribution in [0, 0.1) is 5.92 Å². The van der Waals surface area contributed by atoms with Gasteiger partial charge in [-0.2, -0.15) is 0 Å². The number of ether oxygens (including phenoxy) is 2. The summed E-state index contributed by atoms with van der Waals surface area (Å²) in [5, 5.41) is 0. The highest BCUT2D eigenvalue weighted by molar-refractivity contribution is 4.86. The fourth-order valence-electron chi connectivity index (χ4n) is 3.20. The molecule has 2 rings (SSSR count). The molecule has 4 heteroatoms. The van der Waals surface area contributed by atoms with E-state index in [-0.39, 0.29) is 0 Å². The Balaban J connectivity index is 1.96. The van der Waals surface area contributed by atoms with Gasteiger partial charge in [0.1, 0.15) is 0 Å². The van der Waals surface area contributed by atoms with Crippen molar-refractivity contribution in [3.8, 4) is 0 Å². The third kappa shape index (κ3) is 3.41. The van der Waals surface area contributed by atoms with Crippen molar-refractivity contribution in [3.05, 3.63) is 0 Å². The number of hydrogen-bond acceptors (Lipinski definition) is 4. The van der Waals surface area contributed by atoms with E-state index < -0.39 is 0 Å². The van der Waals surface area contributed by atoms with Gasteiger partial charge in [0.15, 0.2) is 0 Å². The van der Waals surface area contributed by atoms with E-state index >= 15 is 0 Å². The highest BCUT2D eigenvalue weighted by Crippen LogP contribution is 2.24. The largest absolute Gasteiger partial charge is 0.381 e. The minimum atomic E-state index is 0.317. The molecule has 4 atom stereocenters. The molecule has 0 aliphatic carbocycles. The van der Waals surface area contributed by atoms with E-state index in [1.807, 2.05) is 0 Å². The van der Waals surface area contributed by atoms with Crippen molar-refractivity contribution in [3.63, 3.8) is 0 Å². The molecule has 0 amide bonds. The average Bonchev–Trinajstić information content (AvgIpc) is 2.30. The van der Waals surface area contributed by atoms with E-state index in [1.165, 1.54) is 12.8 Å². The molecule has 4 nitrogen and oxygen atoms in total. The SMILES string of the molecule is C[C@@H]1CN(C(CN)C2CCCOC2)C[C@H](C)O1. The first-order valence-electron chi connectivity index (χ1n) is 6.88. The predicted octanol–water partition coefficient (Wildman–Crippen LogP) is 0.850. The van der Waals surface area contributed by atoms with Gasteiger partial charge < -0.3 is 15.2 Å². The zero-order valence-corrected chi connectivity index (χ0v) is 11.1. The van der Waals surface area contributed by atoms with Crippen LogP contribution in [-0.2, 0) is 9.47 Å². The summed E-state index contributed by atoms with van der Waals surface area (Å²) in [6.45, 7) is 8.83. The van der Waals surface area contributed by atoms with Crippen molar-refractivity contribution >= 4 is 0 Å². The standard InChI is InChI=1S/C13H26N2O2/c1-10-7-15(8-11(2)17-10)13(6-14)12-4-3-5-16-9-12/h10-13H,3-9,14H2,1-2H3/t10-,11+,12?,13?. The molecule has 2 aliphatic rings. The third-order valence-corrected chi connectivity index (χ3v) is 3.90. The minimum absolute atomic E-state index is 0.317. The Morgan fingerprint density at radius 2 is 2.00 bits per heavy atom. The van der Waals surface area contributed by atoms with Gasteiger partial charge in [-0.25, -0.2) is 0 Å². The number of hydrogen-bond donors (Lipinski definition) is 1.